The van der Waals surface area contributed by atoms with Gasteiger partial charge in [-0.1, -0.05) is 5.16 Å². The molecule has 1 rings (SSSR count). The number of amides is 1. The Balaban J connectivity index is 2.18. The van der Waals surface area contributed by atoms with Crippen molar-refractivity contribution in [3.63, 3.8) is 0 Å². The molecule has 0 aromatic carbocycles. The molecule has 1 aliphatic heterocycles. The summed E-state index contributed by atoms with van der Waals surface area (Å²) in [4.78, 5) is 16.1. The third-order valence-corrected chi connectivity index (χ3v) is 2.36. The standard InChI is InChI=1S/C10H19N3O3/c1-15-4-3-11-10(14)6-8-5-9(7-12-8)13-16-2/h8,12H,3-7H2,1-2H3,(H,11,14)/t8-/m0/s1. The molecule has 1 amide bonds. The SMILES string of the molecule is COCCNC(=O)C[C@@H]1CC(=NOC)CN1. The van der Waals surface area contributed by atoms with Crippen molar-refractivity contribution in [1.29, 1.82) is 0 Å². The predicted octanol–water partition coefficient (Wildman–Crippen LogP) is -0.497. The van der Waals surface area contributed by atoms with Crippen LogP contribution in [0.3, 0.4) is 0 Å². The molecule has 0 bridgehead atoms. The Kier molecular flexibility index (Phi) is 5.81. The molecule has 0 spiro atoms. The molecule has 2 N–H and O–H groups in total. The van der Waals surface area contributed by atoms with E-state index in [1.54, 1.807) is 7.11 Å². The summed E-state index contributed by atoms with van der Waals surface area (Å²) in [6.07, 6.45) is 1.23. The van der Waals surface area contributed by atoms with Crippen LogP contribution >= 0.6 is 0 Å². The fraction of sp³-hybridized carbons (Fsp3) is 0.800. The van der Waals surface area contributed by atoms with E-state index in [9.17, 15) is 4.79 Å². The van der Waals surface area contributed by atoms with Gasteiger partial charge in [-0.15, -0.1) is 0 Å². The minimum Gasteiger partial charge on any atom is -0.399 e. The molecule has 0 saturated carbocycles. The summed E-state index contributed by atoms with van der Waals surface area (Å²) in [5.41, 5.74) is 0.956. The molecule has 6 heteroatoms. The molecule has 1 fully saturated rings. The Labute approximate surface area is 95.4 Å². The highest BCUT2D eigenvalue weighted by Gasteiger charge is 2.22. The van der Waals surface area contributed by atoms with Gasteiger partial charge in [-0.05, 0) is 0 Å². The lowest BCUT2D eigenvalue weighted by Crippen LogP contribution is -2.33. The predicted molar refractivity (Wildman–Crippen MR) is 60.4 cm³/mol. The van der Waals surface area contributed by atoms with Gasteiger partial charge in [0.1, 0.15) is 7.11 Å². The zero-order chi connectivity index (χ0) is 11.8. The van der Waals surface area contributed by atoms with Crippen molar-refractivity contribution in [2.75, 3.05) is 33.9 Å². The van der Waals surface area contributed by atoms with Gasteiger partial charge in [0.25, 0.3) is 0 Å². The second-order valence-corrected chi connectivity index (χ2v) is 3.67. The number of hydrogen-bond acceptors (Lipinski definition) is 5. The van der Waals surface area contributed by atoms with Crippen LogP contribution in [0.5, 0.6) is 0 Å². The molecule has 0 unspecified atom stereocenters. The van der Waals surface area contributed by atoms with Gasteiger partial charge in [0.15, 0.2) is 0 Å². The summed E-state index contributed by atoms with van der Waals surface area (Å²) in [5, 5.41) is 9.85. The highest BCUT2D eigenvalue weighted by Crippen LogP contribution is 2.07. The van der Waals surface area contributed by atoms with Crippen LogP contribution < -0.4 is 10.6 Å². The van der Waals surface area contributed by atoms with E-state index in [2.05, 4.69) is 20.6 Å². The molecule has 6 nitrogen and oxygen atoms in total. The Hall–Kier alpha value is -1.14. The number of carbonyl (C=O) groups excluding carboxylic acids is 1. The number of carbonyl (C=O) groups is 1. The maximum Gasteiger partial charge on any atom is 0.221 e. The molecule has 1 heterocycles. The van der Waals surface area contributed by atoms with Crippen molar-refractivity contribution in [3.8, 4) is 0 Å². The summed E-state index contributed by atoms with van der Waals surface area (Å²) in [6, 6.07) is 0.163. The molecule has 16 heavy (non-hydrogen) atoms. The number of methoxy groups -OCH3 is 1. The minimum atomic E-state index is 0.0354. The molecule has 1 saturated heterocycles. The van der Waals surface area contributed by atoms with Crippen molar-refractivity contribution in [3.05, 3.63) is 0 Å². The lowest BCUT2D eigenvalue weighted by atomic mass is 10.1. The molecular weight excluding hydrogens is 210 g/mol. The average molecular weight is 229 g/mol. The number of oxime groups is 1. The Morgan fingerprint density at radius 3 is 3.12 bits per heavy atom. The van der Waals surface area contributed by atoms with Gasteiger partial charge in [-0.2, -0.15) is 0 Å². The average Bonchev–Trinajstić information content (AvgIpc) is 2.66. The summed E-state index contributed by atoms with van der Waals surface area (Å²) < 4.78 is 4.85. The molecule has 0 radical (unpaired) electrons. The van der Waals surface area contributed by atoms with E-state index >= 15 is 0 Å². The smallest absolute Gasteiger partial charge is 0.221 e. The van der Waals surface area contributed by atoms with Crippen molar-refractivity contribution >= 4 is 11.6 Å². The Bertz CT molecular complexity index is 256. The van der Waals surface area contributed by atoms with Crippen molar-refractivity contribution in [2.24, 2.45) is 5.16 Å². The summed E-state index contributed by atoms with van der Waals surface area (Å²) in [6.45, 7) is 1.80. The van der Waals surface area contributed by atoms with E-state index in [-0.39, 0.29) is 11.9 Å². The Morgan fingerprint density at radius 2 is 2.44 bits per heavy atom. The molecule has 0 aromatic rings. The quantitative estimate of drug-likeness (QED) is 0.476. The maximum absolute atomic E-state index is 11.5. The van der Waals surface area contributed by atoms with E-state index < -0.39 is 0 Å². The van der Waals surface area contributed by atoms with Gasteiger partial charge in [-0.3, -0.25) is 4.79 Å². The first kappa shape index (κ1) is 12.9. The van der Waals surface area contributed by atoms with Gasteiger partial charge in [-0.25, -0.2) is 0 Å². The van der Waals surface area contributed by atoms with Crippen LogP contribution in [-0.4, -0.2) is 51.6 Å². The molecular formula is C10H19N3O3. The van der Waals surface area contributed by atoms with Crippen LogP contribution in [-0.2, 0) is 14.4 Å². The first-order chi connectivity index (χ1) is 7.76. The fourth-order valence-corrected chi connectivity index (χ4v) is 1.62. The van der Waals surface area contributed by atoms with Crippen LogP contribution in [0.15, 0.2) is 5.16 Å². The molecule has 0 aliphatic carbocycles. The van der Waals surface area contributed by atoms with Crippen molar-refractivity contribution in [1.82, 2.24) is 10.6 Å². The zero-order valence-corrected chi connectivity index (χ0v) is 9.78. The van der Waals surface area contributed by atoms with Crippen LogP contribution in [0.25, 0.3) is 0 Å². The number of rotatable bonds is 6. The van der Waals surface area contributed by atoms with E-state index in [0.717, 1.165) is 12.1 Å². The maximum atomic E-state index is 11.5. The van der Waals surface area contributed by atoms with Gasteiger partial charge >= 0.3 is 0 Å². The third-order valence-electron chi connectivity index (χ3n) is 2.36. The number of nitrogens with zero attached hydrogens (tertiary/aromatic N) is 1. The van der Waals surface area contributed by atoms with Crippen molar-refractivity contribution < 1.29 is 14.4 Å². The summed E-state index contributed by atoms with van der Waals surface area (Å²) in [5.74, 6) is 0.0354. The lowest BCUT2D eigenvalue weighted by molar-refractivity contribution is -0.121. The largest absolute Gasteiger partial charge is 0.399 e. The Morgan fingerprint density at radius 1 is 1.62 bits per heavy atom. The zero-order valence-electron chi connectivity index (χ0n) is 9.78. The summed E-state index contributed by atoms with van der Waals surface area (Å²) >= 11 is 0. The first-order valence-electron chi connectivity index (χ1n) is 5.34. The fourth-order valence-electron chi connectivity index (χ4n) is 1.62. The second-order valence-electron chi connectivity index (χ2n) is 3.67. The van der Waals surface area contributed by atoms with E-state index in [1.807, 2.05) is 0 Å². The first-order valence-corrected chi connectivity index (χ1v) is 5.34. The number of ether oxygens (including phenoxy) is 1. The van der Waals surface area contributed by atoms with E-state index in [0.29, 0.717) is 26.1 Å². The summed E-state index contributed by atoms with van der Waals surface area (Å²) in [7, 11) is 3.13. The highest BCUT2D eigenvalue weighted by atomic mass is 16.6. The third kappa shape index (κ3) is 4.59. The van der Waals surface area contributed by atoms with Gasteiger partial charge in [0.05, 0.1) is 12.3 Å². The molecule has 1 atom stereocenters. The lowest BCUT2D eigenvalue weighted by Gasteiger charge is -2.09. The number of nitrogens with one attached hydrogen (secondary N) is 2. The van der Waals surface area contributed by atoms with Gasteiger partial charge in [0.2, 0.25) is 5.91 Å². The van der Waals surface area contributed by atoms with Crippen LogP contribution in [0.1, 0.15) is 12.8 Å². The highest BCUT2D eigenvalue weighted by molar-refractivity contribution is 5.89. The molecule has 1 aliphatic rings. The monoisotopic (exact) mass is 229 g/mol. The minimum absolute atomic E-state index is 0.0354. The topological polar surface area (TPSA) is 72.0 Å². The normalized spacial score (nSPS) is 22.4. The van der Waals surface area contributed by atoms with Gasteiger partial charge < -0.3 is 20.2 Å². The van der Waals surface area contributed by atoms with Crippen LogP contribution in [0, 0.1) is 0 Å². The van der Waals surface area contributed by atoms with Crippen LogP contribution in [0.2, 0.25) is 0 Å². The van der Waals surface area contributed by atoms with Crippen LogP contribution in [0.4, 0.5) is 0 Å². The van der Waals surface area contributed by atoms with E-state index in [1.165, 1.54) is 7.11 Å². The van der Waals surface area contributed by atoms with Gasteiger partial charge in [0, 0.05) is 39.1 Å². The number of hydrogen-bond donors (Lipinski definition) is 2. The molecule has 0 aromatic heterocycles. The second kappa shape index (κ2) is 7.19. The molecule has 92 valence electrons. The van der Waals surface area contributed by atoms with E-state index in [4.69, 9.17) is 4.74 Å². The van der Waals surface area contributed by atoms with Crippen molar-refractivity contribution in [2.45, 2.75) is 18.9 Å².